The number of nitrogens with two attached hydrogens (primary N) is 1. The Bertz CT molecular complexity index is 612. The van der Waals surface area contributed by atoms with E-state index in [4.69, 9.17) is 5.84 Å². The lowest BCUT2D eigenvalue weighted by molar-refractivity contribution is 0.851. The first-order valence-corrected chi connectivity index (χ1v) is 4.96. The summed E-state index contributed by atoms with van der Waals surface area (Å²) in [5, 5.41) is 0. The molecule has 86 valence electrons. The van der Waals surface area contributed by atoms with E-state index in [-0.39, 0.29) is 5.52 Å². The average Bonchev–Trinajstić information content (AvgIpc) is 2.28. The van der Waals surface area contributed by atoms with Crippen molar-refractivity contribution >= 4 is 11.0 Å². The smallest absolute Gasteiger partial charge is 0.332 e. The summed E-state index contributed by atoms with van der Waals surface area (Å²) in [5.74, 6) is 5.21. The van der Waals surface area contributed by atoms with Gasteiger partial charge < -0.3 is 10.8 Å². The van der Waals surface area contributed by atoms with Crippen LogP contribution in [0.4, 0.5) is 0 Å². The number of nitrogens with zero attached hydrogens (tertiary/aromatic N) is 2. The van der Waals surface area contributed by atoms with Gasteiger partial charge in [0.1, 0.15) is 0 Å². The first kappa shape index (κ1) is 12.0. The molecule has 0 amide bonds. The highest BCUT2D eigenvalue weighted by molar-refractivity contribution is 5.72. The van der Waals surface area contributed by atoms with Crippen LogP contribution in [0.3, 0.4) is 0 Å². The van der Waals surface area contributed by atoms with Crippen molar-refractivity contribution in [2.24, 2.45) is 0 Å². The lowest BCUT2D eigenvalue weighted by atomic mass is 10.3. The fourth-order valence-electron chi connectivity index (χ4n) is 1.22. The van der Waals surface area contributed by atoms with Crippen LogP contribution in [0.15, 0.2) is 21.9 Å². The molecule has 2 rings (SSSR count). The number of pyridine rings is 1. The summed E-state index contributed by atoms with van der Waals surface area (Å²) in [6, 6.07) is 1.67. The van der Waals surface area contributed by atoms with Gasteiger partial charge in [0.05, 0.1) is 5.52 Å². The Kier molecular flexibility index (Phi) is 3.44. The van der Waals surface area contributed by atoms with E-state index < -0.39 is 11.2 Å². The summed E-state index contributed by atoms with van der Waals surface area (Å²) in [4.78, 5) is 28.9. The topological polar surface area (TPSA) is 93.8 Å². The van der Waals surface area contributed by atoms with Gasteiger partial charge in [0.2, 0.25) is 0 Å². The molecule has 0 saturated carbocycles. The Balaban J connectivity index is 0.000000606. The molecule has 0 radical (unpaired) electrons. The van der Waals surface area contributed by atoms with Crippen molar-refractivity contribution in [3.05, 3.63) is 38.7 Å². The number of aryl methyl sites for hydroxylation is 1. The third-order valence-electron chi connectivity index (χ3n) is 1.91. The minimum Gasteiger partial charge on any atom is -0.332 e. The van der Waals surface area contributed by atoms with E-state index in [1.54, 1.807) is 12.3 Å². The van der Waals surface area contributed by atoms with E-state index in [1.165, 1.54) is 0 Å². The summed E-state index contributed by atoms with van der Waals surface area (Å²) in [6.45, 7) is 5.82. The Morgan fingerprint density at radius 1 is 1.38 bits per heavy atom. The number of hydrogen-bond acceptors (Lipinski definition) is 4. The lowest BCUT2D eigenvalue weighted by Gasteiger charge is -1.99. The molecule has 0 saturated heterocycles. The third kappa shape index (κ3) is 1.95. The maximum Gasteiger partial charge on any atom is 0.347 e. The van der Waals surface area contributed by atoms with E-state index >= 15 is 0 Å². The number of aromatic amines is 1. The zero-order valence-electron chi connectivity index (χ0n) is 9.44. The molecular weight excluding hydrogens is 208 g/mol. The van der Waals surface area contributed by atoms with E-state index in [9.17, 15) is 9.59 Å². The van der Waals surface area contributed by atoms with Gasteiger partial charge in [-0.3, -0.25) is 4.79 Å². The quantitative estimate of drug-likeness (QED) is 0.620. The Morgan fingerprint density at radius 2 is 2.00 bits per heavy atom. The van der Waals surface area contributed by atoms with Crippen LogP contribution in [-0.4, -0.2) is 14.6 Å². The predicted molar refractivity (Wildman–Crippen MR) is 62.9 cm³/mol. The second kappa shape index (κ2) is 4.61. The maximum absolute atomic E-state index is 11.4. The molecule has 3 N–H and O–H groups in total. The second-order valence-electron chi connectivity index (χ2n) is 3.01. The largest absolute Gasteiger partial charge is 0.347 e. The van der Waals surface area contributed by atoms with Crippen LogP contribution in [0.5, 0.6) is 0 Å². The SMILES string of the molecule is CC.Cc1cnc2c(=O)n(N)c(=O)[nH]c2c1. The van der Waals surface area contributed by atoms with Crippen molar-refractivity contribution in [2.75, 3.05) is 5.84 Å². The molecule has 6 nitrogen and oxygen atoms in total. The zero-order chi connectivity index (χ0) is 12.3. The van der Waals surface area contributed by atoms with Crippen LogP contribution in [0.2, 0.25) is 0 Å². The van der Waals surface area contributed by atoms with Crippen molar-refractivity contribution in [1.82, 2.24) is 14.6 Å². The van der Waals surface area contributed by atoms with Crippen LogP contribution in [-0.2, 0) is 0 Å². The van der Waals surface area contributed by atoms with E-state index in [1.807, 2.05) is 20.8 Å². The van der Waals surface area contributed by atoms with Gasteiger partial charge in [0.25, 0.3) is 0 Å². The van der Waals surface area contributed by atoms with Crippen LogP contribution in [0.25, 0.3) is 11.0 Å². The van der Waals surface area contributed by atoms with E-state index in [0.717, 1.165) is 5.56 Å². The Hall–Kier alpha value is -2.11. The Labute approximate surface area is 91.7 Å². The molecule has 0 unspecified atom stereocenters. The number of nitrogens with one attached hydrogen (secondary N) is 1. The molecule has 0 spiro atoms. The molecule has 0 aliphatic heterocycles. The minimum atomic E-state index is -0.644. The summed E-state index contributed by atoms with van der Waals surface area (Å²) >= 11 is 0. The molecule has 2 heterocycles. The molecule has 0 fully saturated rings. The molecule has 0 aliphatic carbocycles. The van der Waals surface area contributed by atoms with Crippen molar-refractivity contribution in [3.63, 3.8) is 0 Å². The highest BCUT2D eigenvalue weighted by Crippen LogP contribution is 2.03. The van der Waals surface area contributed by atoms with Gasteiger partial charge in [-0.2, -0.15) is 4.68 Å². The Morgan fingerprint density at radius 3 is 2.62 bits per heavy atom. The molecule has 0 bridgehead atoms. The number of fused-ring (bicyclic) bond motifs is 1. The minimum absolute atomic E-state index is 0.165. The molecule has 2 aromatic heterocycles. The maximum atomic E-state index is 11.4. The number of rotatable bonds is 0. The number of H-pyrrole nitrogens is 1. The van der Waals surface area contributed by atoms with Crippen molar-refractivity contribution in [3.8, 4) is 0 Å². The molecule has 0 aromatic carbocycles. The fourth-order valence-corrected chi connectivity index (χ4v) is 1.22. The fraction of sp³-hybridized carbons (Fsp3) is 0.300. The van der Waals surface area contributed by atoms with Gasteiger partial charge in [-0.1, -0.05) is 13.8 Å². The van der Waals surface area contributed by atoms with Crippen molar-refractivity contribution < 1.29 is 0 Å². The third-order valence-corrected chi connectivity index (χ3v) is 1.91. The van der Waals surface area contributed by atoms with Gasteiger partial charge in [0, 0.05) is 6.20 Å². The van der Waals surface area contributed by atoms with E-state index in [0.29, 0.717) is 10.2 Å². The molecular formula is C10H14N4O2. The summed E-state index contributed by atoms with van der Waals surface area (Å²) in [5.41, 5.74) is 0.195. The first-order chi connectivity index (χ1) is 7.59. The highest BCUT2D eigenvalue weighted by atomic mass is 16.2. The molecule has 0 atom stereocenters. The monoisotopic (exact) mass is 222 g/mol. The summed E-state index contributed by atoms with van der Waals surface area (Å²) in [7, 11) is 0. The zero-order valence-corrected chi connectivity index (χ0v) is 9.44. The molecule has 16 heavy (non-hydrogen) atoms. The van der Waals surface area contributed by atoms with E-state index in [2.05, 4.69) is 9.97 Å². The van der Waals surface area contributed by atoms with Gasteiger partial charge in [-0.15, -0.1) is 0 Å². The van der Waals surface area contributed by atoms with Gasteiger partial charge >= 0.3 is 11.2 Å². The van der Waals surface area contributed by atoms with Gasteiger partial charge in [-0.25, -0.2) is 9.78 Å². The average molecular weight is 222 g/mol. The van der Waals surface area contributed by atoms with Gasteiger partial charge in [-0.05, 0) is 18.6 Å². The van der Waals surface area contributed by atoms with Crippen molar-refractivity contribution in [2.45, 2.75) is 20.8 Å². The summed E-state index contributed by atoms with van der Waals surface area (Å²) < 4.78 is 0.505. The van der Waals surface area contributed by atoms with Gasteiger partial charge in [0.15, 0.2) is 5.52 Å². The number of hydrogen-bond donors (Lipinski definition) is 2. The summed E-state index contributed by atoms with van der Waals surface area (Å²) in [6.07, 6.45) is 1.54. The lowest BCUT2D eigenvalue weighted by Crippen LogP contribution is -2.40. The number of nitrogen functional groups attached to an aromatic ring is 1. The first-order valence-electron chi connectivity index (χ1n) is 4.96. The number of aromatic nitrogens is 3. The molecule has 0 aliphatic rings. The predicted octanol–water partition coefficient (Wildman–Crippen LogP) is 0.133. The van der Waals surface area contributed by atoms with Crippen LogP contribution in [0.1, 0.15) is 19.4 Å². The standard InChI is InChI=1S/C8H8N4O2.C2H6/c1-4-2-5-6(10-3-4)7(13)12(9)8(14)11-5;1-2/h2-3H,9H2,1H3,(H,11,14);1-2H3. The van der Waals surface area contributed by atoms with Crippen LogP contribution < -0.4 is 17.1 Å². The van der Waals surface area contributed by atoms with Crippen molar-refractivity contribution in [1.29, 1.82) is 0 Å². The second-order valence-corrected chi connectivity index (χ2v) is 3.01. The normalized spacial score (nSPS) is 9.69. The van der Waals surface area contributed by atoms with Crippen LogP contribution in [0, 0.1) is 6.92 Å². The highest BCUT2D eigenvalue weighted by Gasteiger charge is 2.05. The van der Waals surface area contributed by atoms with Crippen LogP contribution >= 0.6 is 0 Å². The molecule has 6 heteroatoms. The molecule has 2 aromatic rings.